The lowest BCUT2D eigenvalue weighted by molar-refractivity contribution is 0.462. The molecule has 2 rings (SSSR count). The van der Waals surface area contributed by atoms with E-state index in [-0.39, 0.29) is 0 Å². The molecule has 0 saturated heterocycles. The van der Waals surface area contributed by atoms with E-state index in [1.807, 2.05) is 0 Å². The van der Waals surface area contributed by atoms with Crippen LogP contribution in [0.4, 0.5) is 5.69 Å². The Morgan fingerprint density at radius 3 is 2.50 bits per heavy atom. The second-order valence-corrected chi connectivity index (χ2v) is 5.65. The fourth-order valence-corrected chi connectivity index (χ4v) is 2.66. The highest BCUT2D eigenvalue weighted by Gasteiger charge is 2.42. The van der Waals surface area contributed by atoms with Crippen LogP contribution < -0.4 is 10.6 Å². The van der Waals surface area contributed by atoms with E-state index >= 15 is 0 Å². The van der Waals surface area contributed by atoms with E-state index in [0.717, 1.165) is 6.54 Å². The molecule has 0 aliphatic heterocycles. The van der Waals surface area contributed by atoms with Gasteiger partial charge < -0.3 is 10.6 Å². The van der Waals surface area contributed by atoms with Crippen LogP contribution in [0.3, 0.4) is 0 Å². The minimum atomic E-state index is 0.526. The van der Waals surface area contributed by atoms with Crippen molar-refractivity contribution in [3.8, 4) is 0 Å². The van der Waals surface area contributed by atoms with Crippen LogP contribution >= 0.6 is 0 Å². The third kappa shape index (κ3) is 3.49. The predicted molar refractivity (Wildman–Crippen MR) is 78.9 cm³/mol. The van der Waals surface area contributed by atoms with E-state index < -0.39 is 0 Å². The summed E-state index contributed by atoms with van der Waals surface area (Å²) in [4.78, 5) is 2.56. The molecule has 0 aromatic heterocycles. The summed E-state index contributed by atoms with van der Waals surface area (Å²) < 4.78 is 0. The van der Waals surface area contributed by atoms with Gasteiger partial charge in [0, 0.05) is 18.8 Å². The number of anilines is 1. The minimum absolute atomic E-state index is 0.526. The van der Waals surface area contributed by atoms with E-state index in [4.69, 9.17) is 5.73 Å². The largest absolute Gasteiger partial charge is 0.371 e. The van der Waals surface area contributed by atoms with Crippen molar-refractivity contribution in [3.63, 3.8) is 0 Å². The normalized spacial score (nSPS) is 16.6. The molecule has 1 fully saturated rings. The molecule has 1 aromatic rings. The van der Waals surface area contributed by atoms with Crippen LogP contribution in [0.15, 0.2) is 30.3 Å². The van der Waals surface area contributed by atoms with Gasteiger partial charge in [-0.25, -0.2) is 0 Å². The molecule has 1 aromatic carbocycles. The molecule has 0 spiro atoms. The second kappa shape index (κ2) is 6.24. The highest BCUT2D eigenvalue weighted by Crippen LogP contribution is 2.49. The zero-order chi connectivity index (χ0) is 12.8. The lowest BCUT2D eigenvalue weighted by Crippen LogP contribution is -2.32. The van der Waals surface area contributed by atoms with Gasteiger partial charge in [0.15, 0.2) is 0 Å². The van der Waals surface area contributed by atoms with Gasteiger partial charge in [0.25, 0.3) is 0 Å². The summed E-state index contributed by atoms with van der Waals surface area (Å²) in [5.74, 6) is 0. The Labute approximate surface area is 111 Å². The Balaban J connectivity index is 2.01. The number of para-hydroxylation sites is 1. The number of nitrogens with two attached hydrogens (primary N) is 1. The van der Waals surface area contributed by atoms with Gasteiger partial charge in [0.05, 0.1) is 0 Å². The van der Waals surface area contributed by atoms with E-state index in [9.17, 15) is 0 Å². The van der Waals surface area contributed by atoms with Gasteiger partial charge in [-0.05, 0) is 49.8 Å². The van der Waals surface area contributed by atoms with Crippen LogP contribution in [0.5, 0.6) is 0 Å². The smallest absolute Gasteiger partial charge is 0.0366 e. The molecule has 0 amide bonds. The summed E-state index contributed by atoms with van der Waals surface area (Å²) in [5, 5.41) is 0. The first kappa shape index (κ1) is 13.4. The fourth-order valence-electron chi connectivity index (χ4n) is 2.66. The number of hydrogen-bond donors (Lipinski definition) is 1. The average Bonchev–Trinajstić information content (AvgIpc) is 3.16. The average molecular weight is 246 g/mol. The molecule has 0 bridgehead atoms. The summed E-state index contributed by atoms with van der Waals surface area (Å²) in [6.07, 6.45) is 6.43. The summed E-state index contributed by atoms with van der Waals surface area (Å²) in [5.41, 5.74) is 7.65. The van der Waals surface area contributed by atoms with Crippen LogP contribution in [0, 0.1) is 5.41 Å². The van der Waals surface area contributed by atoms with Crippen molar-refractivity contribution in [1.82, 2.24) is 0 Å². The second-order valence-electron chi connectivity index (χ2n) is 5.65. The quantitative estimate of drug-likeness (QED) is 0.761. The summed E-state index contributed by atoms with van der Waals surface area (Å²) in [6.45, 7) is 5.45. The number of hydrogen-bond acceptors (Lipinski definition) is 2. The molecule has 1 aliphatic carbocycles. The molecule has 1 aliphatic rings. The number of rotatable bonds is 8. The highest BCUT2D eigenvalue weighted by atomic mass is 15.1. The monoisotopic (exact) mass is 246 g/mol. The molecule has 18 heavy (non-hydrogen) atoms. The maximum Gasteiger partial charge on any atom is 0.0366 e. The van der Waals surface area contributed by atoms with Gasteiger partial charge in [0.2, 0.25) is 0 Å². The van der Waals surface area contributed by atoms with Crippen LogP contribution in [-0.2, 0) is 0 Å². The maximum absolute atomic E-state index is 5.75. The van der Waals surface area contributed by atoms with E-state index in [2.05, 4.69) is 42.2 Å². The van der Waals surface area contributed by atoms with Crippen molar-refractivity contribution < 1.29 is 0 Å². The first-order valence-electron chi connectivity index (χ1n) is 7.30. The number of unbranched alkanes of at least 4 members (excludes halogenated alkanes) is 1. The van der Waals surface area contributed by atoms with Gasteiger partial charge >= 0.3 is 0 Å². The molecule has 0 radical (unpaired) electrons. The standard InChI is InChI=1S/C16H26N2/c1-2-3-13-18(15-7-5-4-6-8-15)14-16(9-10-16)11-12-17/h4-8H,2-3,9-14,17H2,1H3. The topological polar surface area (TPSA) is 29.3 Å². The molecular weight excluding hydrogens is 220 g/mol. The zero-order valence-corrected chi connectivity index (χ0v) is 11.6. The van der Waals surface area contributed by atoms with Crippen molar-refractivity contribution in [2.75, 3.05) is 24.5 Å². The van der Waals surface area contributed by atoms with Crippen LogP contribution in [0.25, 0.3) is 0 Å². The molecule has 2 nitrogen and oxygen atoms in total. The zero-order valence-electron chi connectivity index (χ0n) is 11.6. The molecular formula is C16H26N2. The van der Waals surface area contributed by atoms with Crippen LogP contribution in [0.2, 0.25) is 0 Å². The highest BCUT2D eigenvalue weighted by molar-refractivity contribution is 5.46. The van der Waals surface area contributed by atoms with Gasteiger partial charge in [-0.2, -0.15) is 0 Å². The third-order valence-corrected chi connectivity index (χ3v) is 4.06. The van der Waals surface area contributed by atoms with Crippen LogP contribution in [-0.4, -0.2) is 19.6 Å². The van der Waals surface area contributed by atoms with Gasteiger partial charge in [-0.15, -0.1) is 0 Å². The maximum atomic E-state index is 5.75. The molecule has 1 saturated carbocycles. The lowest BCUT2D eigenvalue weighted by atomic mass is 10.0. The van der Waals surface area contributed by atoms with E-state index in [1.165, 1.54) is 50.9 Å². The molecule has 0 heterocycles. The van der Waals surface area contributed by atoms with Gasteiger partial charge in [0.1, 0.15) is 0 Å². The van der Waals surface area contributed by atoms with Gasteiger partial charge in [-0.1, -0.05) is 31.5 Å². The predicted octanol–water partition coefficient (Wildman–Crippen LogP) is 3.42. The Bertz CT molecular complexity index is 343. The summed E-state index contributed by atoms with van der Waals surface area (Å²) in [7, 11) is 0. The Morgan fingerprint density at radius 2 is 1.94 bits per heavy atom. The number of nitrogens with zero attached hydrogens (tertiary/aromatic N) is 1. The molecule has 0 atom stereocenters. The van der Waals surface area contributed by atoms with Gasteiger partial charge in [-0.3, -0.25) is 0 Å². The summed E-state index contributed by atoms with van der Waals surface area (Å²) >= 11 is 0. The Kier molecular flexibility index (Phi) is 4.65. The molecule has 0 unspecified atom stereocenters. The minimum Gasteiger partial charge on any atom is -0.371 e. The lowest BCUT2D eigenvalue weighted by Gasteiger charge is -2.29. The first-order valence-corrected chi connectivity index (χ1v) is 7.30. The third-order valence-electron chi connectivity index (χ3n) is 4.06. The SMILES string of the molecule is CCCCN(CC1(CCN)CC1)c1ccccc1. The molecule has 2 N–H and O–H groups in total. The van der Waals surface area contributed by atoms with Crippen molar-refractivity contribution in [2.45, 2.75) is 39.0 Å². The van der Waals surface area contributed by atoms with Crippen molar-refractivity contribution in [1.29, 1.82) is 0 Å². The fraction of sp³-hybridized carbons (Fsp3) is 0.625. The Morgan fingerprint density at radius 1 is 1.22 bits per heavy atom. The first-order chi connectivity index (χ1) is 8.79. The summed E-state index contributed by atoms with van der Waals surface area (Å²) in [6, 6.07) is 10.8. The Hall–Kier alpha value is -1.02. The van der Waals surface area contributed by atoms with Crippen LogP contribution in [0.1, 0.15) is 39.0 Å². The van der Waals surface area contributed by atoms with Crippen molar-refractivity contribution in [3.05, 3.63) is 30.3 Å². The molecule has 2 heteroatoms. The van der Waals surface area contributed by atoms with Crippen molar-refractivity contribution in [2.24, 2.45) is 11.1 Å². The molecule has 100 valence electrons. The number of benzene rings is 1. The van der Waals surface area contributed by atoms with Crippen molar-refractivity contribution >= 4 is 5.69 Å². The van der Waals surface area contributed by atoms with E-state index in [1.54, 1.807) is 0 Å². The van der Waals surface area contributed by atoms with E-state index in [0.29, 0.717) is 5.41 Å².